The minimum atomic E-state index is -0.735. The first-order chi connectivity index (χ1) is 11.3. The number of ether oxygens (including phenoxy) is 2. The molecule has 24 heavy (non-hydrogen) atoms. The zero-order valence-corrected chi connectivity index (χ0v) is 15.0. The van der Waals surface area contributed by atoms with Crippen LogP contribution < -0.4 is 14.8 Å². The zero-order valence-electron chi connectivity index (χ0n) is 15.0. The van der Waals surface area contributed by atoms with Gasteiger partial charge in [0.05, 0.1) is 24.0 Å². The van der Waals surface area contributed by atoms with Crippen LogP contribution in [0.2, 0.25) is 0 Å². The monoisotopic (exact) mass is 334 g/mol. The van der Waals surface area contributed by atoms with Gasteiger partial charge in [-0.15, -0.1) is 0 Å². The second kappa shape index (κ2) is 7.68. The van der Waals surface area contributed by atoms with Gasteiger partial charge in [-0.3, -0.25) is 0 Å². The molecule has 6 nitrogen and oxygen atoms in total. The molecule has 2 aromatic rings. The van der Waals surface area contributed by atoms with Crippen LogP contribution in [0.5, 0.6) is 11.5 Å². The van der Waals surface area contributed by atoms with E-state index in [4.69, 9.17) is 14.0 Å². The zero-order chi connectivity index (χ0) is 17.7. The molecule has 2 rings (SSSR count). The smallest absolute Gasteiger partial charge is 0.161 e. The number of aliphatic hydroxyl groups is 1. The standard InChI is InChI=1S/C18H26N2O4/c1-12-15(13(2)24-20-12)10-23-16-7-6-14(8-17(16)22-5)9-19-11-18(3,4)21/h6-8,19,21H,9-11H2,1-5H3. The molecule has 0 amide bonds. The summed E-state index contributed by atoms with van der Waals surface area (Å²) in [6.07, 6.45) is 0. The van der Waals surface area contributed by atoms with Crippen LogP contribution in [0.25, 0.3) is 0 Å². The highest BCUT2D eigenvalue weighted by atomic mass is 16.5. The average Bonchev–Trinajstić information content (AvgIpc) is 2.83. The SMILES string of the molecule is COc1cc(CNCC(C)(C)O)ccc1OCc1c(C)noc1C. The largest absolute Gasteiger partial charge is 0.493 e. The van der Waals surface area contributed by atoms with E-state index in [0.29, 0.717) is 31.2 Å². The Morgan fingerprint density at radius 1 is 1.25 bits per heavy atom. The molecule has 0 aliphatic heterocycles. The van der Waals surface area contributed by atoms with Crippen molar-refractivity contribution in [3.63, 3.8) is 0 Å². The van der Waals surface area contributed by atoms with Crippen LogP contribution in [0.15, 0.2) is 22.7 Å². The van der Waals surface area contributed by atoms with Crippen molar-refractivity contribution in [1.82, 2.24) is 10.5 Å². The molecule has 0 atom stereocenters. The molecule has 0 saturated heterocycles. The number of rotatable bonds is 8. The Hall–Kier alpha value is -2.05. The van der Waals surface area contributed by atoms with Crippen molar-refractivity contribution in [2.45, 2.75) is 46.4 Å². The molecule has 0 aliphatic carbocycles. The normalized spacial score (nSPS) is 11.6. The Morgan fingerprint density at radius 3 is 2.58 bits per heavy atom. The summed E-state index contributed by atoms with van der Waals surface area (Å²) in [5, 5.41) is 16.9. The third kappa shape index (κ3) is 4.97. The van der Waals surface area contributed by atoms with Crippen LogP contribution in [0.3, 0.4) is 0 Å². The molecule has 0 aliphatic rings. The Labute approximate surface area is 142 Å². The van der Waals surface area contributed by atoms with E-state index >= 15 is 0 Å². The molecule has 0 spiro atoms. The molecular formula is C18H26N2O4. The summed E-state index contributed by atoms with van der Waals surface area (Å²) in [6.45, 7) is 8.84. The summed E-state index contributed by atoms with van der Waals surface area (Å²) in [5.41, 5.74) is 2.11. The van der Waals surface area contributed by atoms with Crippen molar-refractivity contribution in [3.05, 3.63) is 40.8 Å². The fourth-order valence-corrected chi connectivity index (χ4v) is 2.31. The van der Waals surface area contributed by atoms with E-state index in [9.17, 15) is 5.11 Å². The second-order valence-corrected chi connectivity index (χ2v) is 6.49. The molecular weight excluding hydrogens is 308 g/mol. The molecule has 2 N–H and O–H groups in total. The Balaban J connectivity index is 2.01. The lowest BCUT2D eigenvalue weighted by Gasteiger charge is -2.18. The van der Waals surface area contributed by atoms with Crippen molar-refractivity contribution in [3.8, 4) is 11.5 Å². The third-order valence-corrected chi connectivity index (χ3v) is 3.67. The van der Waals surface area contributed by atoms with Gasteiger partial charge in [0.1, 0.15) is 12.4 Å². The van der Waals surface area contributed by atoms with Crippen molar-refractivity contribution >= 4 is 0 Å². The number of aromatic nitrogens is 1. The highest BCUT2D eigenvalue weighted by Crippen LogP contribution is 2.29. The van der Waals surface area contributed by atoms with Crippen LogP contribution >= 0.6 is 0 Å². The molecule has 6 heteroatoms. The summed E-state index contributed by atoms with van der Waals surface area (Å²) in [6, 6.07) is 5.79. The minimum absolute atomic E-state index is 0.383. The molecule has 1 heterocycles. The first kappa shape index (κ1) is 18.3. The van der Waals surface area contributed by atoms with Crippen molar-refractivity contribution < 1.29 is 19.1 Å². The maximum atomic E-state index is 9.73. The Bertz CT molecular complexity index is 655. The van der Waals surface area contributed by atoms with Gasteiger partial charge in [-0.1, -0.05) is 11.2 Å². The molecule has 1 aromatic carbocycles. The molecule has 0 saturated carbocycles. The summed E-state index contributed by atoms with van der Waals surface area (Å²) in [4.78, 5) is 0. The van der Waals surface area contributed by atoms with Crippen LogP contribution in [-0.2, 0) is 13.2 Å². The summed E-state index contributed by atoms with van der Waals surface area (Å²) >= 11 is 0. The molecule has 1 aromatic heterocycles. The van der Waals surface area contributed by atoms with Gasteiger partial charge >= 0.3 is 0 Å². The number of methoxy groups -OCH3 is 1. The van der Waals surface area contributed by atoms with Gasteiger partial charge in [-0.2, -0.15) is 0 Å². The van der Waals surface area contributed by atoms with E-state index in [1.54, 1.807) is 21.0 Å². The molecule has 0 unspecified atom stereocenters. The lowest BCUT2D eigenvalue weighted by molar-refractivity contribution is 0.0795. The number of hydrogen-bond acceptors (Lipinski definition) is 6. The maximum Gasteiger partial charge on any atom is 0.161 e. The fraction of sp³-hybridized carbons (Fsp3) is 0.500. The number of nitrogens with one attached hydrogen (secondary N) is 1. The van der Waals surface area contributed by atoms with Gasteiger partial charge in [-0.25, -0.2) is 0 Å². The maximum absolute atomic E-state index is 9.73. The number of benzene rings is 1. The third-order valence-electron chi connectivity index (χ3n) is 3.67. The minimum Gasteiger partial charge on any atom is -0.493 e. The summed E-state index contributed by atoms with van der Waals surface area (Å²) in [5.74, 6) is 2.10. The molecule has 0 radical (unpaired) electrons. The van der Waals surface area contributed by atoms with E-state index in [0.717, 1.165) is 22.6 Å². The van der Waals surface area contributed by atoms with Gasteiger partial charge in [0, 0.05) is 13.1 Å². The quantitative estimate of drug-likeness (QED) is 0.773. The number of nitrogens with zero attached hydrogens (tertiary/aromatic N) is 1. The molecule has 132 valence electrons. The average molecular weight is 334 g/mol. The highest BCUT2D eigenvalue weighted by molar-refractivity contribution is 5.43. The first-order valence-electron chi connectivity index (χ1n) is 7.94. The van der Waals surface area contributed by atoms with Gasteiger partial charge < -0.3 is 24.4 Å². The predicted molar refractivity (Wildman–Crippen MR) is 91.3 cm³/mol. The van der Waals surface area contributed by atoms with E-state index in [-0.39, 0.29) is 0 Å². The van der Waals surface area contributed by atoms with E-state index in [1.165, 1.54) is 0 Å². The first-order valence-corrected chi connectivity index (χ1v) is 7.94. The number of hydrogen-bond donors (Lipinski definition) is 2. The van der Waals surface area contributed by atoms with Gasteiger partial charge in [0.25, 0.3) is 0 Å². The lowest BCUT2D eigenvalue weighted by atomic mass is 10.1. The van der Waals surface area contributed by atoms with Crippen LogP contribution in [0, 0.1) is 13.8 Å². The highest BCUT2D eigenvalue weighted by Gasteiger charge is 2.13. The van der Waals surface area contributed by atoms with Crippen molar-refractivity contribution in [2.24, 2.45) is 0 Å². The lowest BCUT2D eigenvalue weighted by Crippen LogP contribution is -2.34. The molecule has 0 fully saturated rings. The Kier molecular flexibility index (Phi) is 5.85. The van der Waals surface area contributed by atoms with E-state index in [1.807, 2.05) is 32.0 Å². The predicted octanol–water partition coefficient (Wildman–Crippen LogP) is 2.74. The molecule has 0 bridgehead atoms. The van der Waals surface area contributed by atoms with Gasteiger partial charge in [0.15, 0.2) is 11.5 Å². The fourth-order valence-electron chi connectivity index (χ4n) is 2.31. The van der Waals surface area contributed by atoms with Gasteiger partial charge in [-0.05, 0) is 45.4 Å². The van der Waals surface area contributed by atoms with Crippen LogP contribution in [-0.4, -0.2) is 29.5 Å². The van der Waals surface area contributed by atoms with Crippen molar-refractivity contribution in [2.75, 3.05) is 13.7 Å². The topological polar surface area (TPSA) is 76.8 Å². The number of aryl methyl sites for hydroxylation is 2. The van der Waals surface area contributed by atoms with Crippen molar-refractivity contribution in [1.29, 1.82) is 0 Å². The summed E-state index contributed by atoms with van der Waals surface area (Å²) < 4.78 is 16.4. The van der Waals surface area contributed by atoms with E-state index < -0.39 is 5.60 Å². The second-order valence-electron chi connectivity index (χ2n) is 6.49. The summed E-state index contributed by atoms with van der Waals surface area (Å²) in [7, 11) is 1.62. The van der Waals surface area contributed by atoms with E-state index in [2.05, 4.69) is 10.5 Å². The Morgan fingerprint density at radius 2 is 2.00 bits per heavy atom. The van der Waals surface area contributed by atoms with Gasteiger partial charge in [0.2, 0.25) is 0 Å². The van der Waals surface area contributed by atoms with Crippen LogP contribution in [0.1, 0.15) is 36.4 Å². The van der Waals surface area contributed by atoms with Crippen LogP contribution in [0.4, 0.5) is 0 Å².